The lowest BCUT2D eigenvalue weighted by Gasteiger charge is -2.17. The molecule has 1 amide bonds. The van der Waals surface area contributed by atoms with Crippen molar-refractivity contribution in [2.45, 2.75) is 39.2 Å². The molecule has 2 N–H and O–H groups in total. The van der Waals surface area contributed by atoms with E-state index < -0.39 is 6.10 Å². The predicted molar refractivity (Wildman–Crippen MR) is 71.0 cm³/mol. The predicted octanol–water partition coefficient (Wildman–Crippen LogP) is 1.54. The molecule has 1 rings (SSSR count). The minimum absolute atomic E-state index is 0.0267. The van der Waals surface area contributed by atoms with Gasteiger partial charge in [0, 0.05) is 25.4 Å². The van der Waals surface area contributed by atoms with Crippen LogP contribution in [0.2, 0.25) is 0 Å². The first kappa shape index (κ1) is 14.6. The lowest BCUT2D eigenvalue weighted by molar-refractivity contribution is -0.121. The van der Waals surface area contributed by atoms with Crippen LogP contribution in [0.1, 0.15) is 32.3 Å². The Labute approximate surface area is 108 Å². The summed E-state index contributed by atoms with van der Waals surface area (Å²) in [6, 6.07) is 3.81. The molecule has 4 nitrogen and oxygen atoms in total. The number of pyridine rings is 1. The summed E-state index contributed by atoms with van der Waals surface area (Å²) in [7, 11) is 0. The molecule has 2 atom stereocenters. The van der Waals surface area contributed by atoms with Crippen molar-refractivity contribution in [3.63, 3.8) is 0 Å². The average Bonchev–Trinajstić information content (AvgIpc) is 2.42. The van der Waals surface area contributed by atoms with Crippen molar-refractivity contribution in [2.24, 2.45) is 5.92 Å². The van der Waals surface area contributed by atoms with Crippen molar-refractivity contribution in [2.75, 3.05) is 6.54 Å². The van der Waals surface area contributed by atoms with Crippen molar-refractivity contribution < 1.29 is 9.90 Å². The zero-order chi connectivity index (χ0) is 13.4. The normalized spacial score (nSPS) is 13.9. The molecule has 2 unspecified atom stereocenters. The van der Waals surface area contributed by atoms with Crippen LogP contribution in [-0.4, -0.2) is 28.6 Å². The SMILES string of the molecule is CCC(C)C(O)CNC(=O)CCc1cccnc1. The quantitative estimate of drug-likeness (QED) is 0.771. The highest BCUT2D eigenvalue weighted by Crippen LogP contribution is 2.06. The first-order chi connectivity index (χ1) is 8.63. The van der Waals surface area contributed by atoms with Crippen molar-refractivity contribution in [3.8, 4) is 0 Å². The molecule has 0 aromatic carbocycles. The van der Waals surface area contributed by atoms with Crippen molar-refractivity contribution >= 4 is 5.91 Å². The van der Waals surface area contributed by atoms with Crippen LogP contribution in [0.3, 0.4) is 0 Å². The molecule has 18 heavy (non-hydrogen) atoms. The van der Waals surface area contributed by atoms with Crippen LogP contribution >= 0.6 is 0 Å². The van der Waals surface area contributed by atoms with Crippen LogP contribution in [0.4, 0.5) is 0 Å². The Kier molecular flexibility index (Phi) is 6.36. The summed E-state index contributed by atoms with van der Waals surface area (Å²) in [6.45, 7) is 4.34. The first-order valence-electron chi connectivity index (χ1n) is 6.47. The van der Waals surface area contributed by atoms with Crippen LogP contribution in [0.15, 0.2) is 24.5 Å². The maximum absolute atomic E-state index is 11.6. The molecule has 1 aromatic rings. The third-order valence-electron chi connectivity index (χ3n) is 3.17. The second-order valence-corrected chi connectivity index (χ2v) is 4.62. The van der Waals surface area contributed by atoms with Crippen molar-refractivity contribution in [3.05, 3.63) is 30.1 Å². The third-order valence-corrected chi connectivity index (χ3v) is 3.17. The van der Waals surface area contributed by atoms with Crippen LogP contribution < -0.4 is 5.32 Å². The van der Waals surface area contributed by atoms with Crippen molar-refractivity contribution in [1.29, 1.82) is 0 Å². The van der Waals surface area contributed by atoms with Gasteiger partial charge in [0.15, 0.2) is 0 Å². The Morgan fingerprint density at radius 1 is 1.56 bits per heavy atom. The molecule has 0 saturated heterocycles. The lowest BCUT2D eigenvalue weighted by atomic mass is 10.0. The topological polar surface area (TPSA) is 62.2 Å². The maximum atomic E-state index is 11.6. The van der Waals surface area contributed by atoms with Gasteiger partial charge in [0.2, 0.25) is 5.91 Å². The fraction of sp³-hybridized carbons (Fsp3) is 0.571. The van der Waals surface area contributed by atoms with E-state index in [1.807, 2.05) is 26.0 Å². The number of hydrogen-bond acceptors (Lipinski definition) is 3. The Hall–Kier alpha value is -1.42. The fourth-order valence-corrected chi connectivity index (χ4v) is 1.58. The smallest absolute Gasteiger partial charge is 0.220 e. The van der Waals surface area contributed by atoms with Gasteiger partial charge in [-0.05, 0) is 24.0 Å². The zero-order valence-electron chi connectivity index (χ0n) is 11.1. The van der Waals surface area contributed by atoms with Gasteiger partial charge < -0.3 is 10.4 Å². The lowest BCUT2D eigenvalue weighted by Crippen LogP contribution is -2.35. The van der Waals surface area contributed by atoms with E-state index in [0.29, 0.717) is 19.4 Å². The molecule has 1 aromatic heterocycles. The molecule has 100 valence electrons. The molecule has 0 spiro atoms. The number of amides is 1. The van der Waals surface area contributed by atoms with Gasteiger partial charge in [-0.3, -0.25) is 9.78 Å². The Morgan fingerprint density at radius 3 is 2.94 bits per heavy atom. The second kappa shape index (κ2) is 7.82. The second-order valence-electron chi connectivity index (χ2n) is 4.62. The summed E-state index contributed by atoms with van der Waals surface area (Å²) < 4.78 is 0. The summed E-state index contributed by atoms with van der Waals surface area (Å²) in [5, 5.41) is 12.5. The Bertz CT molecular complexity index is 354. The number of carbonyl (C=O) groups excluding carboxylic acids is 1. The molecule has 0 bridgehead atoms. The van der Waals surface area contributed by atoms with Gasteiger partial charge >= 0.3 is 0 Å². The molecule has 0 aliphatic carbocycles. The van der Waals surface area contributed by atoms with E-state index in [1.165, 1.54) is 0 Å². The molecule has 0 aliphatic heterocycles. The molecular weight excluding hydrogens is 228 g/mol. The molecular formula is C14H22N2O2. The molecule has 4 heteroatoms. The largest absolute Gasteiger partial charge is 0.391 e. The van der Waals surface area contributed by atoms with Gasteiger partial charge in [0.25, 0.3) is 0 Å². The Morgan fingerprint density at radius 2 is 2.33 bits per heavy atom. The summed E-state index contributed by atoms with van der Waals surface area (Å²) in [4.78, 5) is 15.6. The van der Waals surface area contributed by atoms with E-state index in [1.54, 1.807) is 12.4 Å². The molecule has 0 aliphatic rings. The highest BCUT2D eigenvalue weighted by molar-refractivity contribution is 5.76. The molecule has 1 heterocycles. The fourth-order valence-electron chi connectivity index (χ4n) is 1.58. The van der Waals surface area contributed by atoms with Gasteiger partial charge in [-0.15, -0.1) is 0 Å². The van der Waals surface area contributed by atoms with Crippen LogP contribution in [-0.2, 0) is 11.2 Å². The van der Waals surface area contributed by atoms with Crippen LogP contribution in [0, 0.1) is 5.92 Å². The van der Waals surface area contributed by atoms with Gasteiger partial charge in [0.05, 0.1) is 6.10 Å². The number of aromatic nitrogens is 1. The third kappa shape index (κ3) is 5.27. The standard InChI is InChI=1S/C14H22N2O2/c1-3-11(2)13(17)10-16-14(18)7-6-12-5-4-8-15-9-12/h4-5,8-9,11,13,17H,3,6-7,10H2,1-2H3,(H,16,18). The van der Waals surface area contributed by atoms with Gasteiger partial charge in [-0.25, -0.2) is 0 Å². The molecule has 0 radical (unpaired) electrons. The van der Waals surface area contributed by atoms with Crippen LogP contribution in [0.5, 0.6) is 0 Å². The number of nitrogens with one attached hydrogen (secondary N) is 1. The number of rotatable bonds is 7. The van der Waals surface area contributed by atoms with E-state index >= 15 is 0 Å². The minimum Gasteiger partial charge on any atom is -0.391 e. The van der Waals surface area contributed by atoms with Gasteiger partial charge in [-0.1, -0.05) is 26.3 Å². The number of carbonyl (C=O) groups is 1. The number of aliphatic hydroxyl groups excluding tert-OH is 1. The highest BCUT2D eigenvalue weighted by atomic mass is 16.3. The van der Waals surface area contributed by atoms with E-state index in [2.05, 4.69) is 10.3 Å². The zero-order valence-corrected chi connectivity index (χ0v) is 11.1. The number of nitrogens with zero attached hydrogens (tertiary/aromatic N) is 1. The van der Waals surface area contributed by atoms with E-state index in [-0.39, 0.29) is 11.8 Å². The average molecular weight is 250 g/mol. The van der Waals surface area contributed by atoms with E-state index in [4.69, 9.17) is 0 Å². The van der Waals surface area contributed by atoms with Crippen molar-refractivity contribution in [1.82, 2.24) is 10.3 Å². The van der Waals surface area contributed by atoms with E-state index in [9.17, 15) is 9.90 Å². The minimum atomic E-state index is -0.461. The van der Waals surface area contributed by atoms with Gasteiger partial charge in [-0.2, -0.15) is 0 Å². The first-order valence-corrected chi connectivity index (χ1v) is 6.47. The van der Waals surface area contributed by atoms with Gasteiger partial charge in [0.1, 0.15) is 0 Å². The van der Waals surface area contributed by atoms with E-state index in [0.717, 1.165) is 12.0 Å². The number of aliphatic hydroxyl groups is 1. The summed E-state index contributed by atoms with van der Waals surface area (Å²) in [6.07, 6.45) is 5.04. The number of aryl methyl sites for hydroxylation is 1. The highest BCUT2D eigenvalue weighted by Gasteiger charge is 2.13. The summed E-state index contributed by atoms with van der Waals surface area (Å²) in [5.41, 5.74) is 1.05. The molecule has 0 fully saturated rings. The summed E-state index contributed by atoms with van der Waals surface area (Å²) >= 11 is 0. The molecule has 0 saturated carbocycles. The monoisotopic (exact) mass is 250 g/mol. The number of hydrogen-bond donors (Lipinski definition) is 2. The Balaban J connectivity index is 2.22. The van der Waals surface area contributed by atoms with Crippen LogP contribution in [0.25, 0.3) is 0 Å². The maximum Gasteiger partial charge on any atom is 0.220 e. The summed E-state index contributed by atoms with van der Waals surface area (Å²) in [5.74, 6) is 0.185.